The number of hydrogen-bond acceptors (Lipinski definition) is 4. The van der Waals surface area contributed by atoms with Gasteiger partial charge in [0.25, 0.3) is 0 Å². The number of oxime groups is 1. The largest absolute Gasteiger partial charge is 0.497 e. The zero-order chi connectivity index (χ0) is 9.68. The molecule has 0 bridgehead atoms. The van der Waals surface area contributed by atoms with E-state index in [2.05, 4.69) is 5.16 Å². The molecule has 4 heteroatoms. The minimum atomic E-state index is -0.289. The summed E-state index contributed by atoms with van der Waals surface area (Å²) in [6, 6.07) is 6.89. The molecule has 0 aliphatic heterocycles. The van der Waals surface area contributed by atoms with Gasteiger partial charge in [-0.05, 0) is 24.3 Å². The highest BCUT2D eigenvalue weighted by Gasteiger charge is 2.01. The number of methoxy groups -OCH3 is 1. The second-order valence-corrected chi connectivity index (χ2v) is 2.43. The van der Waals surface area contributed by atoms with E-state index in [0.29, 0.717) is 5.56 Å². The average molecular weight is 181 g/mol. The molecule has 2 N–H and O–H groups in total. The zero-order valence-electron chi connectivity index (χ0n) is 7.27. The summed E-state index contributed by atoms with van der Waals surface area (Å²) in [6.07, 6.45) is 0. The van der Waals surface area contributed by atoms with Crippen LogP contribution in [-0.4, -0.2) is 29.7 Å². The molecule has 0 aliphatic carbocycles. The third-order valence-electron chi connectivity index (χ3n) is 1.69. The fourth-order valence-electron chi connectivity index (χ4n) is 0.964. The van der Waals surface area contributed by atoms with Crippen molar-refractivity contribution in [3.05, 3.63) is 29.8 Å². The van der Waals surface area contributed by atoms with Crippen LogP contribution >= 0.6 is 0 Å². The quantitative estimate of drug-likeness (QED) is 0.413. The Bertz CT molecular complexity index is 292. The Hall–Kier alpha value is -1.55. The van der Waals surface area contributed by atoms with Crippen LogP contribution < -0.4 is 4.74 Å². The summed E-state index contributed by atoms with van der Waals surface area (Å²) in [7, 11) is 1.57. The van der Waals surface area contributed by atoms with Gasteiger partial charge in [-0.25, -0.2) is 0 Å². The van der Waals surface area contributed by atoms with Gasteiger partial charge in [-0.2, -0.15) is 0 Å². The van der Waals surface area contributed by atoms with E-state index in [1.165, 1.54) is 0 Å². The van der Waals surface area contributed by atoms with Crippen LogP contribution in [0.2, 0.25) is 0 Å². The van der Waals surface area contributed by atoms with Gasteiger partial charge in [0.15, 0.2) is 0 Å². The minimum absolute atomic E-state index is 0.239. The van der Waals surface area contributed by atoms with Gasteiger partial charge in [-0.15, -0.1) is 0 Å². The Morgan fingerprint density at radius 1 is 1.38 bits per heavy atom. The molecule has 0 spiro atoms. The molecular formula is C9H11NO3. The predicted molar refractivity (Wildman–Crippen MR) is 48.4 cm³/mol. The number of ether oxygens (including phenoxy) is 1. The Balaban J connectivity index is 2.91. The van der Waals surface area contributed by atoms with Crippen molar-refractivity contribution in [2.45, 2.75) is 0 Å². The van der Waals surface area contributed by atoms with Gasteiger partial charge in [0.1, 0.15) is 11.5 Å². The highest BCUT2D eigenvalue weighted by Crippen LogP contribution is 2.11. The highest BCUT2D eigenvalue weighted by molar-refractivity contribution is 6.01. The molecule has 1 rings (SSSR count). The summed E-state index contributed by atoms with van der Waals surface area (Å²) in [4.78, 5) is 0. The van der Waals surface area contributed by atoms with Crippen LogP contribution in [0.5, 0.6) is 5.75 Å². The fourth-order valence-corrected chi connectivity index (χ4v) is 0.964. The SMILES string of the molecule is COc1ccc(C(CO)=NO)cc1. The van der Waals surface area contributed by atoms with E-state index in [1.54, 1.807) is 31.4 Å². The van der Waals surface area contributed by atoms with Gasteiger partial charge in [-0.1, -0.05) is 5.16 Å². The van der Waals surface area contributed by atoms with Crippen molar-refractivity contribution < 1.29 is 15.1 Å². The summed E-state index contributed by atoms with van der Waals surface area (Å²) < 4.78 is 4.95. The maximum atomic E-state index is 8.78. The topological polar surface area (TPSA) is 62.0 Å². The molecule has 1 aromatic carbocycles. The predicted octanol–water partition coefficient (Wildman–Crippen LogP) is 0.866. The number of rotatable bonds is 3. The standard InChI is InChI=1S/C9H11NO3/c1-13-8-4-2-7(3-5-8)9(6-11)10-12/h2-5,11-12H,6H2,1H3. The van der Waals surface area contributed by atoms with Crippen molar-refractivity contribution in [2.75, 3.05) is 13.7 Å². The van der Waals surface area contributed by atoms with Gasteiger partial charge in [0.2, 0.25) is 0 Å². The molecule has 0 saturated carbocycles. The third-order valence-corrected chi connectivity index (χ3v) is 1.69. The van der Waals surface area contributed by atoms with Crippen molar-refractivity contribution >= 4 is 5.71 Å². The van der Waals surface area contributed by atoms with Crippen molar-refractivity contribution in [1.82, 2.24) is 0 Å². The molecule has 0 atom stereocenters. The van der Waals surface area contributed by atoms with Crippen molar-refractivity contribution in [3.63, 3.8) is 0 Å². The minimum Gasteiger partial charge on any atom is -0.497 e. The summed E-state index contributed by atoms with van der Waals surface area (Å²) in [6.45, 7) is -0.289. The van der Waals surface area contributed by atoms with E-state index in [1.807, 2.05) is 0 Å². The second kappa shape index (κ2) is 4.47. The molecule has 0 unspecified atom stereocenters. The van der Waals surface area contributed by atoms with E-state index in [9.17, 15) is 0 Å². The highest BCUT2D eigenvalue weighted by atomic mass is 16.5. The van der Waals surface area contributed by atoms with E-state index >= 15 is 0 Å². The second-order valence-electron chi connectivity index (χ2n) is 2.43. The van der Waals surface area contributed by atoms with Gasteiger partial charge < -0.3 is 15.1 Å². The van der Waals surface area contributed by atoms with Crippen LogP contribution in [0.4, 0.5) is 0 Å². The number of aliphatic hydroxyl groups is 1. The number of benzene rings is 1. The lowest BCUT2D eigenvalue weighted by molar-refractivity contribution is 0.304. The van der Waals surface area contributed by atoms with E-state index in [-0.39, 0.29) is 12.3 Å². The molecule has 13 heavy (non-hydrogen) atoms. The first-order chi connectivity index (χ1) is 6.31. The van der Waals surface area contributed by atoms with Gasteiger partial charge >= 0.3 is 0 Å². The molecule has 0 saturated heterocycles. The van der Waals surface area contributed by atoms with Crippen molar-refractivity contribution in [1.29, 1.82) is 0 Å². The number of nitrogens with zero attached hydrogens (tertiary/aromatic N) is 1. The first-order valence-corrected chi connectivity index (χ1v) is 3.78. The molecule has 70 valence electrons. The number of hydrogen-bond donors (Lipinski definition) is 2. The summed E-state index contributed by atoms with van der Waals surface area (Å²) >= 11 is 0. The molecule has 4 nitrogen and oxygen atoms in total. The summed E-state index contributed by atoms with van der Waals surface area (Å²) in [5, 5.41) is 20.2. The van der Waals surface area contributed by atoms with Crippen molar-refractivity contribution in [3.8, 4) is 5.75 Å². The molecule has 1 aromatic rings. The molecule has 0 heterocycles. The average Bonchev–Trinajstić information content (AvgIpc) is 2.21. The van der Waals surface area contributed by atoms with Crippen LogP contribution in [0.15, 0.2) is 29.4 Å². The van der Waals surface area contributed by atoms with Gasteiger partial charge in [0, 0.05) is 5.56 Å². The first-order valence-electron chi connectivity index (χ1n) is 3.78. The van der Waals surface area contributed by atoms with Crippen LogP contribution in [0.1, 0.15) is 5.56 Å². The van der Waals surface area contributed by atoms with Crippen LogP contribution in [0.3, 0.4) is 0 Å². The molecule has 0 radical (unpaired) electrons. The maximum Gasteiger partial charge on any atom is 0.118 e. The van der Waals surface area contributed by atoms with Gasteiger partial charge in [0.05, 0.1) is 13.7 Å². The van der Waals surface area contributed by atoms with Gasteiger partial charge in [-0.3, -0.25) is 0 Å². The Kier molecular flexibility index (Phi) is 3.28. The smallest absolute Gasteiger partial charge is 0.118 e. The zero-order valence-corrected chi connectivity index (χ0v) is 7.27. The first kappa shape index (κ1) is 9.54. The Morgan fingerprint density at radius 2 is 2.00 bits per heavy atom. The van der Waals surface area contributed by atoms with E-state index in [4.69, 9.17) is 15.1 Å². The Labute approximate surface area is 76.1 Å². The van der Waals surface area contributed by atoms with E-state index < -0.39 is 0 Å². The van der Waals surface area contributed by atoms with Crippen LogP contribution in [0.25, 0.3) is 0 Å². The monoisotopic (exact) mass is 181 g/mol. The fraction of sp³-hybridized carbons (Fsp3) is 0.222. The molecule has 0 fully saturated rings. The van der Waals surface area contributed by atoms with Crippen LogP contribution in [-0.2, 0) is 0 Å². The van der Waals surface area contributed by atoms with E-state index in [0.717, 1.165) is 5.75 Å². The normalized spacial score (nSPS) is 11.4. The molecular weight excluding hydrogens is 170 g/mol. The molecule has 0 amide bonds. The number of aliphatic hydroxyl groups excluding tert-OH is 1. The third kappa shape index (κ3) is 2.19. The summed E-state index contributed by atoms with van der Waals surface area (Å²) in [5.41, 5.74) is 0.911. The lowest BCUT2D eigenvalue weighted by Crippen LogP contribution is -2.05. The summed E-state index contributed by atoms with van der Waals surface area (Å²) in [5.74, 6) is 0.721. The van der Waals surface area contributed by atoms with Crippen molar-refractivity contribution in [2.24, 2.45) is 5.16 Å². The lowest BCUT2D eigenvalue weighted by Gasteiger charge is -2.02. The lowest BCUT2D eigenvalue weighted by atomic mass is 10.1. The molecule has 0 aliphatic rings. The van der Waals surface area contributed by atoms with Crippen LogP contribution in [0, 0.1) is 0 Å². The Morgan fingerprint density at radius 3 is 2.38 bits per heavy atom. The molecule has 0 aromatic heterocycles. The maximum absolute atomic E-state index is 8.78.